The van der Waals surface area contributed by atoms with Crippen molar-refractivity contribution in [2.24, 2.45) is 11.3 Å². The van der Waals surface area contributed by atoms with E-state index in [1.807, 2.05) is 0 Å². The highest BCUT2D eigenvalue weighted by atomic mass is 14.5. The molecule has 0 amide bonds. The molecular formula is C8H12. The lowest BCUT2D eigenvalue weighted by Gasteiger charge is -2.09. The molecule has 0 saturated heterocycles. The molecule has 0 aliphatic heterocycles. The fraction of sp³-hybridized carbons (Fsp3) is 0.750. The quantitative estimate of drug-likeness (QED) is 0.418. The second kappa shape index (κ2) is 1.18. The van der Waals surface area contributed by atoms with E-state index < -0.39 is 0 Å². The highest BCUT2D eigenvalue weighted by Crippen LogP contribution is 2.57. The molecule has 0 bridgehead atoms. The monoisotopic (exact) mass is 108 g/mol. The summed E-state index contributed by atoms with van der Waals surface area (Å²) in [4.78, 5) is 0. The number of hydrogen-bond acceptors (Lipinski definition) is 0. The minimum atomic E-state index is 0.722. The Hall–Kier alpha value is -0.260. The van der Waals surface area contributed by atoms with Crippen molar-refractivity contribution in [3.05, 3.63) is 12.2 Å². The first-order valence-corrected chi connectivity index (χ1v) is 3.51. The Labute approximate surface area is 50.6 Å². The average Bonchev–Trinajstić information content (AvgIpc) is 2.39. The van der Waals surface area contributed by atoms with E-state index in [1.54, 1.807) is 0 Å². The van der Waals surface area contributed by atoms with Gasteiger partial charge in [0.25, 0.3) is 0 Å². The highest BCUT2D eigenvalue weighted by Gasteiger charge is 2.46. The second-order valence-corrected chi connectivity index (χ2v) is 3.27. The Morgan fingerprint density at radius 2 is 2.25 bits per heavy atom. The van der Waals surface area contributed by atoms with Crippen molar-refractivity contribution >= 4 is 0 Å². The zero-order valence-corrected chi connectivity index (χ0v) is 5.35. The molecule has 2 rings (SSSR count). The molecule has 0 heteroatoms. The van der Waals surface area contributed by atoms with Gasteiger partial charge in [-0.2, -0.15) is 0 Å². The SMILES string of the molecule is C[C@@H]1CC=CC12CC2. The molecule has 0 unspecified atom stereocenters. The molecule has 1 saturated carbocycles. The molecule has 2 aliphatic rings. The van der Waals surface area contributed by atoms with Crippen molar-refractivity contribution in [2.75, 3.05) is 0 Å². The molecule has 0 N–H and O–H groups in total. The fourth-order valence-corrected chi connectivity index (χ4v) is 1.71. The predicted molar refractivity (Wildman–Crippen MR) is 34.6 cm³/mol. The van der Waals surface area contributed by atoms with E-state index in [9.17, 15) is 0 Å². The second-order valence-electron chi connectivity index (χ2n) is 3.27. The molecule has 0 nitrogen and oxygen atoms in total. The summed E-state index contributed by atoms with van der Waals surface area (Å²) in [6, 6.07) is 0. The van der Waals surface area contributed by atoms with E-state index in [-0.39, 0.29) is 0 Å². The van der Waals surface area contributed by atoms with Gasteiger partial charge in [0.05, 0.1) is 0 Å². The maximum atomic E-state index is 2.43. The van der Waals surface area contributed by atoms with Crippen LogP contribution in [0.4, 0.5) is 0 Å². The van der Waals surface area contributed by atoms with E-state index in [2.05, 4.69) is 19.1 Å². The average molecular weight is 108 g/mol. The molecule has 0 radical (unpaired) electrons. The largest absolute Gasteiger partial charge is 0.0877 e. The first-order valence-electron chi connectivity index (χ1n) is 3.51. The summed E-state index contributed by atoms with van der Waals surface area (Å²) in [6.07, 6.45) is 9.03. The van der Waals surface area contributed by atoms with E-state index in [4.69, 9.17) is 0 Å². The van der Waals surface area contributed by atoms with Crippen molar-refractivity contribution in [2.45, 2.75) is 26.2 Å². The highest BCUT2D eigenvalue weighted by molar-refractivity contribution is 5.17. The van der Waals surface area contributed by atoms with Crippen LogP contribution in [0.25, 0.3) is 0 Å². The summed E-state index contributed by atoms with van der Waals surface area (Å²) in [7, 11) is 0. The van der Waals surface area contributed by atoms with Gasteiger partial charge in [-0.25, -0.2) is 0 Å². The number of allylic oxidation sites excluding steroid dienone is 2. The molecule has 0 heterocycles. The zero-order valence-electron chi connectivity index (χ0n) is 5.35. The lowest BCUT2D eigenvalue weighted by atomic mass is 9.95. The van der Waals surface area contributed by atoms with Crippen molar-refractivity contribution in [1.82, 2.24) is 0 Å². The fourth-order valence-electron chi connectivity index (χ4n) is 1.71. The first kappa shape index (κ1) is 4.60. The van der Waals surface area contributed by atoms with E-state index >= 15 is 0 Å². The van der Waals surface area contributed by atoms with Crippen LogP contribution in [0.5, 0.6) is 0 Å². The van der Waals surface area contributed by atoms with Crippen LogP contribution in [0.15, 0.2) is 12.2 Å². The lowest BCUT2D eigenvalue weighted by Crippen LogP contribution is -2.02. The van der Waals surface area contributed by atoms with Gasteiger partial charge >= 0.3 is 0 Å². The molecule has 0 aromatic rings. The van der Waals surface area contributed by atoms with Gasteiger partial charge in [0, 0.05) is 0 Å². The van der Waals surface area contributed by atoms with Crippen LogP contribution in [0.2, 0.25) is 0 Å². The zero-order chi connectivity index (χ0) is 5.61. The summed E-state index contributed by atoms with van der Waals surface area (Å²) in [5.74, 6) is 0.961. The lowest BCUT2D eigenvalue weighted by molar-refractivity contribution is 0.445. The molecule has 8 heavy (non-hydrogen) atoms. The molecule has 1 fully saturated rings. The van der Waals surface area contributed by atoms with E-state index in [0.717, 1.165) is 11.3 Å². The summed E-state index contributed by atoms with van der Waals surface area (Å²) >= 11 is 0. The van der Waals surface area contributed by atoms with Crippen LogP contribution < -0.4 is 0 Å². The van der Waals surface area contributed by atoms with Gasteiger partial charge in [0.1, 0.15) is 0 Å². The normalized spacial score (nSPS) is 38.9. The Morgan fingerprint density at radius 1 is 1.50 bits per heavy atom. The maximum absolute atomic E-state index is 2.43. The molecule has 2 aliphatic carbocycles. The molecular weight excluding hydrogens is 96.1 g/mol. The van der Waals surface area contributed by atoms with Crippen LogP contribution in [-0.4, -0.2) is 0 Å². The van der Waals surface area contributed by atoms with E-state index in [1.165, 1.54) is 19.3 Å². The summed E-state index contributed by atoms with van der Waals surface area (Å²) in [5.41, 5.74) is 0.722. The van der Waals surface area contributed by atoms with E-state index in [0.29, 0.717) is 0 Å². The Bertz CT molecular complexity index is 129. The van der Waals surface area contributed by atoms with Crippen LogP contribution in [0, 0.1) is 11.3 Å². The minimum Gasteiger partial charge on any atom is -0.0877 e. The van der Waals surface area contributed by atoms with Gasteiger partial charge in [-0.05, 0) is 30.6 Å². The van der Waals surface area contributed by atoms with Gasteiger partial charge < -0.3 is 0 Å². The van der Waals surface area contributed by atoms with Gasteiger partial charge in [0.15, 0.2) is 0 Å². The first-order chi connectivity index (χ1) is 3.83. The van der Waals surface area contributed by atoms with Crippen LogP contribution >= 0.6 is 0 Å². The molecule has 0 aromatic heterocycles. The van der Waals surface area contributed by atoms with Crippen molar-refractivity contribution < 1.29 is 0 Å². The standard InChI is InChI=1S/C8H12/c1-7-3-2-4-8(7)5-6-8/h2,4,7H,3,5-6H2,1H3/t7-/m1/s1. The summed E-state index contributed by atoms with van der Waals surface area (Å²) in [5, 5.41) is 0. The Kier molecular flexibility index (Phi) is 0.677. The smallest absolute Gasteiger partial charge is 0.00890 e. The maximum Gasteiger partial charge on any atom is -0.00890 e. The molecule has 0 aromatic carbocycles. The summed E-state index contributed by atoms with van der Waals surface area (Å²) in [6.45, 7) is 2.37. The van der Waals surface area contributed by atoms with Crippen molar-refractivity contribution in [3.63, 3.8) is 0 Å². The van der Waals surface area contributed by atoms with Crippen molar-refractivity contribution in [3.8, 4) is 0 Å². The number of rotatable bonds is 0. The number of hydrogen-bond donors (Lipinski definition) is 0. The molecule has 1 spiro atoms. The van der Waals surface area contributed by atoms with Crippen LogP contribution in [0.3, 0.4) is 0 Å². The predicted octanol–water partition coefficient (Wildman–Crippen LogP) is 2.36. The molecule has 1 atom stereocenters. The third-order valence-electron chi connectivity index (χ3n) is 2.75. The summed E-state index contributed by atoms with van der Waals surface area (Å²) < 4.78 is 0. The van der Waals surface area contributed by atoms with Gasteiger partial charge in [-0.1, -0.05) is 19.1 Å². The molecule has 44 valence electrons. The third kappa shape index (κ3) is 0.410. The Balaban J connectivity index is 2.22. The van der Waals surface area contributed by atoms with Gasteiger partial charge in [0.2, 0.25) is 0 Å². The minimum absolute atomic E-state index is 0.722. The van der Waals surface area contributed by atoms with Crippen LogP contribution in [0.1, 0.15) is 26.2 Å². The Morgan fingerprint density at radius 3 is 2.50 bits per heavy atom. The van der Waals surface area contributed by atoms with Crippen LogP contribution in [-0.2, 0) is 0 Å². The van der Waals surface area contributed by atoms with Gasteiger partial charge in [-0.15, -0.1) is 0 Å². The third-order valence-corrected chi connectivity index (χ3v) is 2.75. The van der Waals surface area contributed by atoms with Crippen molar-refractivity contribution in [1.29, 1.82) is 0 Å². The topological polar surface area (TPSA) is 0 Å². The van der Waals surface area contributed by atoms with Gasteiger partial charge in [-0.3, -0.25) is 0 Å².